The van der Waals surface area contributed by atoms with Crippen molar-refractivity contribution in [1.29, 1.82) is 0 Å². The van der Waals surface area contributed by atoms with E-state index in [1.165, 1.54) is 0 Å². The number of aliphatic hydroxyl groups is 2. The minimum Gasteiger partial charge on any atom is -0.387 e. The van der Waals surface area contributed by atoms with Gasteiger partial charge in [0.15, 0.2) is 23.2 Å². The van der Waals surface area contributed by atoms with Crippen LogP contribution in [0.3, 0.4) is 0 Å². The summed E-state index contributed by atoms with van der Waals surface area (Å²) in [5, 5.41) is 20.0. The van der Waals surface area contributed by atoms with Crippen LogP contribution in [0.25, 0.3) is 11.2 Å². The summed E-state index contributed by atoms with van der Waals surface area (Å²) in [4.78, 5) is 52.1. The number of aromatic amines is 2. The van der Waals surface area contributed by atoms with E-state index >= 15 is 0 Å². The maximum atomic E-state index is 13.3. The molecule has 0 aliphatic carbocycles. The number of halogens is 3. The second kappa shape index (κ2) is 10.4. The van der Waals surface area contributed by atoms with Crippen LogP contribution in [0.15, 0.2) is 22.1 Å². The molecule has 1 aliphatic heterocycles. The Bertz CT molecular complexity index is 1310. The number of imidazole rings is 1. The van der Waals surface area contributed by atoms with Crippen LogP contribution >= 0.6 is 7.82 Å². The highest BCUT2D eigenvalue weighted by atomic mass is 31.2. The largest absolute Gasteiger partial charge is 0.469 e. The molecule has 0 saturated carbocycles. The first kappa shape index (κ1) is 27.1. The van der Waals surface area contributed by atoms with Crippen LogP contribution in [0.1, 0.15) is 6.23 Å². The minimum absolute atomic E-state index is 0. The van der Waals surface area contributed by atoms with E-state index in [2.05, 4.69) is 19.5 Å². The second-order valence-electron chi connectivity index (χ2n) is 6.45. The summed E-state index contributed by atoms with van der Waals surface area (Å²) in [5.74, 6) is -1.21. The normalized spacial score (nSPS) is 22.2. The zero-order valence-corrected chi connectivity index (χ0v) is 17.4. The lowest BCUT2D eigenvalue weighted by Crippen LogP contribution is -2.33. The van der Waals surface area contributed by atoms with Gasteiger partial charge in [-0.05, 0) is 0 Å². The molecule has 8 N–H and O–H groups in total. The number of rotatable bonds is 4. The summed E-state index contributed by atoms with van der Waals surface area (Å²) in [6.07, 6.45) is -4.75. The van der Waals surface area contributed by atoms with E-state index in [0.29, 0.717) is 6.20 Å². The van der Waals surface area contributed by atoms with Gasteiger partial charge in [-0.1, -0.05) is 0 Å². The van der Waals surface area contributed by atoms with Gasteiger partial charge in [-0.3, -0.25) is 23.6 Å². The Kier molecular flexibility index (Phi) is 8.26. The van der Waals surface area contributed by atoms with Crippen molar-refractivity contribution in [2.24, 2.45) is 0 Å². The number of phosphoric acid groups is 1. The van der Waals surface area contributed by atoms with E-state index < -0.39 is 62.1 Å². The van der Waals surface area contributed by atoms with Gasteiger partial charge in [-0.15, -0.1) is 0 Å². The van der Waals surface area contributed by atoms with Crippen molar-refractivity contribution in [3.8, 4) is 0 Å². The van der Waals surface area contributed by atoms with E-state index in [9.17, 15) is 33.1 Å². The summed E-state index contributed by atoms with van der Waals surface area (Å²) >= 11 is 0. The number of hydrogen-bond donors (Lipinski definition) is 7. The summed E-state index contributed by atoms with van der Waals surface area (Å²) in [6.45, 7) is -0.670. The molecule has 16 nitrogen and oxygen atoms in total. The lowest BCUT2D eigenvalue weighted by atomic mass is 10.1. The predicted octanol–water partition coefficient (Wildman–Crippen LogP) is -2.37. The Morgan fingerprint density at radius 2 is 1.91 bits per heavy atom. The zero-order valence-electron chi connectivity index (χ0n) is 16.5. The SMILES string of the molecule is F.Nc1nc(F)nc2c1ncn2[C@@H]1O[C@H](COP(=O)(O)O)[C@@H](O)[C@@H]1O.O=c1[nH]cc(F)c(=O)[nH]1. The molecule has 1 aliphatic rings. The summed E-state index contributed by atoms with van der Waals surface area (Å²) in [7, 11) is -4.78. The van der Waals surface area contributed by atoms with Gasteiger partial charge in [-0.25, -0.2) is 14.3 Å². The second-order valence-corrected chi connectivity index (χ2v) is 7.69. The Morgan fingerprint density at radius 1 is 1.24 bits per heavy atom. The summed E-state index contributed by atoms with van der Waals surface area (Å²) in [6, 6.07) is 0. The van der Waals surface area contributed by atoms with Gasteiger partial charge in [0, 0.05) is 6.20 Å². The smallest absolute Gasteiger partial charge is 0.387 e. The molecule has 1 saturated heterocycles. The molecule has 34 heavy (non-hydrogen) atoms. The fraction of sp³-hybridized carbons (Fsp3) is 0.357. The van der Waals surface area contributed by atoms with Crippen LogP contribution in [0.4, 0.5) is 19.3 Å². The minimum atomic E-state index is -4.78. The molecule has 0 unspecified atom stereocenters. The van der Waals surface area contributed by atoms with E-state index in [1.54, 1.807) is 4.98 Å². The average Bonchev–Trinajstić information content (AvgIpc) is 3.25. The number of nitrogens with two attached hydrogens (primary N) is 1. The molecule has 4 rings (SSSR count). The van der Waals surface area contributed by atoms with E-state index in [0.717, 1.165) is 10.9 Å². The number of fused-ring (bicyclic) bond motifs is 1. The number of aromatic nitrogens is 6. The molecule has 4 heterocycles. The van der Waals surface area contributed by atoms with Gasteiger partial charge >= 0.3 is 19.6 Å². The topological polar surface area (TPSA) is 252 Å². The van der Waals surface area contributed by atoms with Crippen molar-refractivity contribution < 1.29 is 47.3 Å². The van der Waals surface area contributed by atoms with E-state index in [1.807, 2.05) is 4.98 Å². The molecule has 0 spiro atoms. The van der Waals surface area contributed by atoms with Crippen LogP contribution in [0.5, 0.6) is 0 Å². The molecule has 0 amide bonds. The van der Waals surface area contributed by atoms with Gasteiger partial charge in [0.2, 0.25) is 5.82 Å². The number of phosphoric ester groups is 1. The standard InChI is InChI=1S/C10H13FN5O7P.C4H3FN2O2.FH/c11-10-14-7(12)4-8(15-10)16(2-13-4)9-6(18)5(17)3(23-9)1-22-24(19,20)21;5-2-1-6-4(9)7-3(2)8;/h2-3,5-6,9,17-18H,1H2,(H2,12,14,15)(H2,19,20,21);1H,(H2,6,7,8,9);1H/t3-,5-,6+,9-;;/m1../s1. The Balaban J connectivity index is 0.000000345. The molecule has 3 aromatic heterocycles. The molecular weight excluding hydrogens is 498 g/mol. The number of hydrogen-bond acceptors (Lipinski definition) is 11. The maximum Gasteiger partial charge on any atom is 0.469 e. The average molecular weight is 515 g/mol. The summed E-state index contributed by atoms with van der Waals surface area (Å²) < 4.78 is 46.8. The van der Waals surface area contributed by atoms with Crippen LogP contribution in [0.2, 0.25) is 0 Å². The number of nitrogens with one attached hydrogen (secondary N) is 2. The molecule has 3 aromatic rings. The lowest BCUT2D eigenvalue weighted by molar-refractivity contribution is -0.0504. The van der Waals surface area contributed by atoms with E-state index in [4.69, 9.17) is 20.3 Å². The Morgan fingerprint density at radius 3 is 2.50 bits per heavy atom. The highest BCUT2D eigenvalue weighted by molar-refractivity contribution is 7.46. The molecule has 0 aromatic carbocycles. The van der Waals surface area contributed by atoms with Crippen molar-refractivity contribution >= 4 is 24.8 Å². The number of ether oxygens (including phenoxy) is 1. The first-order valence-corrected chi connectivity index (χ1v) is 10.2. The third kappa shape index (κ3) is 6.03. The van der Waals surface area contributed by atoms with Gasteiger partial charge in [-0.2, -0.15) is 18.7 Å². The molecule has 4 atom stereocenters. The first-order chi connectivity index (χ1) is 15.4. The molecule has 20 heteroatoms. The van der Waals surface area contributed by atoms with Crippen molar-refractivity contribution in [3.05, 3.63) is 45.3 Å². The number of aliphatic hydroxyl groups excluding tert-OH is 2. The van der Waals surface area contributed by atoms with Crippen molar-refractivity contribution in [1.82, 2.24) is 29.5 Å². The number of anilines is 1. The molecule has 188 valence electrons. The fourth-order valence-electron chi connectivity index (χ4n) is 2.76. The lowest BCUT2D eigenvalue weighted by Gasteiger charge is -2.16. The predicted molar refractivity (Wildman–Crippen MR) is 104 cm³/mol. The van der Waals surface area contributed by atoms with Gasteiger partial charge in [0.1, 0.15) is 18.3 Å². The Hall–Kier alpha value is -3.19. The van der Waals surface area contributed by atoms with Crippen LogP contribution in [-0.4, -0.2) is 74.4 Å². The van der Waals surface area contributed by atoms with Crippen molar-refractivity contribution in [2.75, 3.05) is 12.3 Å². The van der Waals surface area contributed by atoms with Gasteiger partial charge in [0.25, 0.3) is 5.56 Å². The Labute approximate surface area is 184 Å². The van der Waals surface area contributed by atoms with Crippen molar-refractivity contribution in [2.45, 2.75) is 24.5 Å². The number of H-pyrrole nitrogens is 2. The van der Waals surface area contributed by atoms with E-state index in [-0.39, 0.29) is 21.7 Å². The third-order valence-corrected chi connectivity index (χ3v) is 4.70. The van der Waals surface area contributed by atoms with Crippen LogP contribution in [-0.2, 0) is 13.8 Å². The van der Waals surface area contributed by atoms with Gasteiger partial charge in [0.05, 0.1) is 12.9 Å². The monoisotopic (exact) mass is 515 g/mol. The first-order valence-electron chi connectivity index (χ1n) is 8.72. The molecule has 1 fully saturated rings. The maximum absolute atomic E-state index is 13.3. The number of nitrogen functional groups attached to an aromatic ring is 1. The zero-order chi connectivity index (χ0) is 24.5. The highest BCUT2D eigenvalue weighted by Crippen LogP contribution is 2.38. The van der Waals surface area contributed by atoms with Crippen LogP contribution < -0.4 is 17.0 Å². The number of nitrogens with zero attached hydrogens (tertiary/aromatic N) is 4. The molecule has 0 bridgehead atoms. The fourth-order valence-corrected chi connectivity index (χ4v) is 3.10. The van der Waals surface area contributed by atoms with Gasteiger partial charge < -0.3 is 35.5 Å². The third-order valence-electron chi connectivity index (χ3n) is 4.21. The quantitative estimate of drug-likeness (QED) is 0.142. The van der Waals surface area contributed by atoms with Crippen molar-refractivity contribution in [3.63, 3.8) is 0 Å². The highest BCUT2D eigenvalue weighted by Gasteiger charge is 2.45. The molecule has 0 radical (unpaired) electrons. The molecular formula is C14H17F3N7O9P. The van der Waals surface area contributed by atoms with Crippen LogP contribution in [0, 0.1) is 11.9 Å². The summed E-state index contributed by atoms with van der Waals surface area (Å²) in [5.41, 5.74) is 3.81.